The summed E-state index contributed by atoms with van der Waals surface area (Å²) in [5, 5.41) is 0.0979. The first-order valence-corrected chi connectivity index (χ1v) is 5.12. The zero-order valence-corrected chi connectivity index (χ0v) is 9.54. The summed E-state index contributed by atoms with van der Waals surface area (Å²) in [5.74, 6) is -0.486. The van der Waals surface area contributed by atoms with Crippen LogP contribution < -0.4 is 0 Å². The number of carbonyl (C=O) groups is 1. The summed E-state index contributed by atoms with van der Waals surface area (Å²) in [6.45, 7) is 4.07. The number of benzene rings is 1. The Morgan fingerprint density at radius 1 is 1.40 bits per heavy atom. The molecular formula is C12H13ClO2. The number of esters is 1. The molecule has 0 atom stereocenters. The zero-order chi connectivity index (χ0) is 11.3. The Balaban J connectivity index is 2.78. The second kappa shape index (κ2) is 5.56. The van der Waals surface area contributed by atoms with E-state index in [-0.39, 0.29) is 5.03 Å². The third kappa shape index (κ3) is 3.76. The predicted molar refractivity (Wildman–Crippen MR) is 61.6 cm³/mol. The molecule has 2 nitrogen and oxygen atoms in total. The van der Waals surface area contributed by atoms with Gasteiger partial charge in [0.15, 0.2) is 0 Å². The van der Waals surface area contributed by atoms with Gasteiger partial charge in [0.25, 0.3) is 0 Å². The Bertz CT molecular complexity index is 366. The highest BCUT2D eigenvalue weighted by molar-refractivity contribution is 6.43. The topological polar surface area (TPSA) is 26.3 Å². The van der Waals surface area contributed by atoms with Gasteiger partial charge >= 0.3 is 5.97 Å². The number of carbonyl (C=O) groups excluding carboxylic acids is 1. The van der Waals surface area contributed by atoms with Crippen molar-refractivity contribution in [2.24, 2.45) is 0 Å². The lowest BCUT2D eigenvalue weighted by Crippen LogP contribution is -2.03. The minimum atomic E-state index is -0.486. The molecule has 0 heterocycles. The summed E-state index contributed by atoms with van der Waals surface area (Å²) in [5.41, 5.74) is 2.05. The molecular weight excluding hydrogens is 212 g/mol. The number of rotatable bonds is 3. The molecule has 1 aromatic rings. The molecule has 0 aromatic heterocycles. The van der Waals surface area contributed by atoms with Crippen molar-refractivity contribution >= 4 is 23.6 Å². The van der Waals surface area contributed by atoms with E-state index in [1.165, 1.54) is 5.56 Å². The van der Waals surface area contributed by atoms with Crippen molar-refractivity contribution in [1.82, 2.24) is 0 Å². The predicted octanol–water partition coefficient (Wildman–Crippen LogP) is 3.14. The lowest BCUT2D eigenvalue weighted by molar-refractivity contribution is -0.137. The van der Waals surface area contributed by atoms with Gasteiger partial charge in [-0.2, -0.15) is 0 Å². The van der Waals surface area contributed by atoms with E-state index in [0.717, 1.165) is 5.56 Å². The molecule has 0 amide bonds. The molecule has 0 saturated heterocycles. The summed E-state index contributed by atoms with van der Waals surface area (Å²) >= 11 is 5.77. The lowest BCUT2D eigenvalue weighted by atomic mass is 10.1. The summed E-state index contributed by atoms with van der Waals surface area (Å²) < 4.78 is 4.76. The number of aryl methyl sites for hydroxylation is 1. The maximum absolute atomic E-state index is 11.2. The van der Waals surface area contributed by atoms with Gasteiger partial charge in [0, 0.05) is 0 Å². The molecule has 0 N–H and O–H groups in total. The van der Waals surface area contributed by atoms with Crippen LogP contribution >= 0.6 is 11.6 Å². The van der Waals surface area contributed by atoms with Gasteiger partial charge < -0.3 is 4.74 Å². The Morgan fingerprint density at radius 3 is 2.53 bits per heavy atom. The molecule has 0 unspecified atom stereocenters. The molecule has 0 bridgehead atoms. The highest BCUT2D eigenvalue weighted by Crippen LogP contribution is 2.12. The number of hydrogen-bond donors (Lipinski definition) is 0. The molecule has 0 aliphatic rings. The van der Waals surface area contributed by atoms with E-state index >= 15 is 0 Å². The first-order valence-electron chi connectivity index (χ1n) is 4.74. The van der Waals surface area contributed by atoms with E-state index in [1.807, 2.05) is 31.2 Å². The normalized spacial score (nSPS) is 11.3. The second-order valence-corrected chi connectivity index (χ2v) is 3.53. The molecule has 0 radical (unpaired) electrons. The van der Waals surface area contributed by atoms with Crippen LogP contribution in [-0.4, -0.2) is 12.6 Å². The van der Waals surface area contributed by atoms with Gasteiger partial charge in [-0.15, -0.1) is 0 Å². The van der Waals surface area contributed by atoms with E-state index in [0.29, 0.717) is 6.61 Å². The molecule has 3 heteroatoms. The fourth-order valence-corrected chi connectivity index (χ4v) is 1.25. The van der Waals surface area contributed by atoms with Crippen molar-refractivity contribution in [3.63, 3.8) is 0 Å². The van der Waals surface area contributed by atoms with Crippen molar-refractivity contribution < 1.29 is 9.53 Å². The first-order chi connectivity index (χ1) is 7.13. The molecule has 15 heavy (non-hydrogen) atoms. The Labute approximate surface area is 94.5 Å². The average Bonchev–Trinajstić information content (AvgIpc) is 2.22. The third-order valence-electron chi connectivity index (χ3n) is 1.84. The molecule has 0 aliphatic heterocycles. The van der Waals surface area contributed by atoms with Crippen LogP contribution in [0.25, 0.3) is 6.08 Å². The van der Waals surface area contributed by atoms with Crippen LogP contribution in [0.5, 0.6) is 0 Å². The highest BCUT2D eigenvalue weighted by Gasteiger charge is 2.06. The molecule has 80 valence electrons. The molecule has 0 saturated carbocycles. The van der Waals surface area contributed by atoms with E-state index in [9.17, 15) is 4.79 Å². The van der Waals surface area contributed by atoms with E-state index in [4.69, 9.17) is 16.3 Å². The van der Waals surface area contributed by atoms with Gasteiger partial charge in [-0.25, -0.2) is 4.79 Å². The first kappa shape index (κ1) is 11.8. The minimum Gasteiger partial charge on any atom is -0.462 e. The number of halogens is 1. The molecule has 1 rings (SSSR count). The molecule has 0 aliphatic carbocycles. The van der Waals surface area contributed by atoms with Crippen molar-refractivity contribution in [3.8, 4) is 0 Å². The Hall–Kier alpha value is -1.28. The van der Waals surface area contributed by atoms with E-state index in [2.05, 4.69) is 0 Å². The molecule has 0 fully saturated rings. The average molecular weight is 225 g/mol. The van der Waals surface area contributed by atoms with Crippen LogP contribution in [0.4, 0.5) is 0 Å². The van der Waals surface area contributed by atoms with Crippen molar-refractivity contribution in [3.05, 3.63) is 40.4 Å². The monoisotopic (exact) mass is 224 g/mol. The standard InChI is InChI=1S/C12H13ClO2/c1-3-15-12(14)11(13)8-10-6-4-9(2)5-7-10/h4-8H,3H2,1-2H3. The summed E-state index contributed by atoms with van der Waals surface area (Å²) in [7, 11) is 0. The Morgan fingerprint density at radius 2 is 2.00 bits per heavy atom. The maximum Gasteiger partial charge on any atom is 0.349 e. The third-order valence-corrected chi connectivity index (χ3v) is 2.10. The van der Waals surface area contributed by atoms with Gasteiger partial charge in [-0.3, -0.25) is 0 Å². The zero-order valence-electron chi connectivity index (χ0n) is 8.79. The van der Waals surface area contributed by atoms with Crippen LogP contribution in [0.1, 0.15) is 18.1 Å². The summed E-state index contributed by atoms with van der Waals surface area (Å²) in [6, 6.07) is 7.72. The smallest absolute Gasteiger partial charge is 0.349 e. The van der Waals surface area contributed by atoms with Gasteiger partial charge in [-0.05, 0) is 25.5 Å². The fraction of sp³-hybridized carbons (Fsp3) is 0.250. The van der Waals surface area contributed by atoms with Crippen LogP contribution in [-0.2, 0) is 9.53 Å². The van der Waals surface area contributed by atoms with Crippen molar-refractivity contribution in [1.29, 1.82) is 0 Å². The highest BCUT2D eigenvalue weighted by atomic mass is 35.5. The summed E-state index contributed by atoms with van der Waals surface area (Å²) in [6.07, 6.45) is 1.60. The van der Waals surface area contributed by atoms with Crippen LogP contribution in [0.2, 0.25) is 0 Å². The quantitative estimate of drug-likeness (QED) is 0.583. The van der Waals surface area contributed by atoms with Crippen molar-refractivity contribution in [2.45, 2.75) is 13.8 Å². The van der Waals surface area contributed by atoms with E-state index < -0.39 is 5.97 Å². The van der Waals surface area contributed by atoms with Gasteiger partial charge in [0.05, 0.1) is 6.61 Å². The SMILES string of the molecule is CCOC(=O)C(Cl)=Cc1ccc(C)cc1. The van der Waals surface area contributed by atoms with Gasteiger partial charge in [0.1, 0.15) is 5.03 Å². The van der Waals surface area contributed by atoms with Crippen LogP contribution in [0.15, 0.2) is 29.3 Å². The van der Waals surface area contributed by atoms with Crippen LogP contribution in [0.3, 0.4) is 0 Å². The number of ether oxygens (including phenoxy) is 1. The largest absolute Gasteiger partial charge is 0.462 e. The van der Waals surface area contributed by atoms with Gasteiger partial charge in [0.2, 0.25) is 0 Å². The van der Waals surface area contributed by atoms with Crippen molar-refractivity contribution in [2.75, 3.05) is 6.61 Å². The molecule has 0 spiro atoms. The number of hydrogen-bond acceptors (Lipinski definition) is 2. The van der Waals surface area contributed by atoms with Crippen LogP contribution in [0, 0.1) is 6.92 Å². The summed E-state index contributed by atoms with van der Waals surface area (Å²) in [4.78, 5) is 11.2. The Kier molecular flexibility index (Phi) is 4.37. The van der Waals surface area contributed by atoms with E-state index in [1.54, 1.807) is 13.0 Å². The second-order valence-electron chi connectivity index (χ2n) is 3.12. The van der Waals surface area contributed by atoms with Gasteiger partial charge in [-0.1, -0.05) is 41.4 Å². The minimum absolute atomic E-state index is 0.0979. The molecule has 1 aromatic carbocycles. The lowest BCUT2D eigenvalue weighted by Gasteiger charge is -2.00. The maximum atomic E-state index is 11.2. The fourth-order valence-electron chi connectivity index (χ4n) is 1.07.